The number of ether oxygens (including phenoxy) is 2. The number of rotatable bonds is 6. The van der Waals surface area contributed by atoms with E-state index in [1.165, 1.54) is 16.9 Å². The maximum Gasteiger partial charge on any atom is 0.324 e. The summed E-state index contributed by atoms with van der Waals surface area (Å²) in [6.45, 7) is 8.04. The Kier molecular flexibility index (Phi) is 7.53. The molecule has 2 bridgehead atoms. The minimum absolute atomic E-state index is 0.0592. The molecule has 5 rings (SSSR count). The molecular formula is C28H33FN8O3. The highest BCUT2D eigenvalue weighted by atomic mass is 19.1. The highest BCUT2D eigenvalue weighted by Crippen LogP contribution is 2.38. The van der Waals surface area contributed by atoms with Crippen molar-refractivity contribution in [1.82, 2.24) is 29.8 Å². The third-order valence-electron chi connectivity index (χ3n) is 6.94. The van der Waals surface area contributed by atoms with Gasteiger partial charge in [0.25, 0.3) is 0 Å². The van der Waals surface area contributed by atoms with Crippen molar-refractivity contribution in [2.45, 2.75) is 52.8 Å². The minimum atomic E-state index is -0.733. The molecule has 0 amide bonds. The number of carbonyl (C=O) groups excluding carboxylic acids is 1. The van der Waals surface area contributed by atoms with Crippen molar-refractivity contribution >= 4 is 11.8 Å². The summed E-state index contributed by atoms with van der Waals surface area (Å²) in [5.41, 5.74) is 11.2. The van der Waals surface area contributed by atoms with Crippen LogP contribution in [0.3, 0.4) is 0 Å². The Morgan fingerprint density at radius 1 is 1.27 bits per heavy atom. The van der Waals surface area contributed by atoms with Gasteiger partial charge in [0, 0.05) is 48.5 Å². The molecule has 0 radical (unpaired) electrons. The molecule has 0 saturated heterocycles. The zero-order valence-corrected chi connectivity index (χ0v) is 23.2. The normalized spacial score (nSPS) is 15.2. The highest BCUT2D eigenvalue weighted by molar-refractivity contribution is 5.76. The first kappa shape index (κ1) is 27.3. The van der Waals surface area contributed by atoms with Crippen LogP contribution in [0.15, 0.2) is 36.7 Å². The fourth-order valence-electron chi connectivity index (χ4n) is 4.76. The van der Waals surface area contributed by atoms with Gasteiger partial charge in [-0.15, -0.1) is 0 Å². The van der Waals surface area contributed by atoms with E-state index in [1.54, 1.807) is 19.3 Å². The number of benzene rings is 1. The number of esters is 1. The number of nitrogens with two attached hydrogens (primary N) is 1. The van der Waals surface area contributed by atoms with Gasteiger partial charge in [0.15, 0.2) is 18.3 Å². The van der Waals surface area contributed by atoms with E-state index < -0.39 is 23.9 Å². The second kappa shape index (κ2) is 11.0. The third-order valence-corrected chi connectivity index (χ3v) is 6.94. The van der Waals surface area contributed by atoms with Crippen LogP contribution in [0.5, 0.6) is 5.75 Å². The Morgan fingerprint density at radius 3 is 2.83 bits per heavy atom. The number of anilines is 1. The van der Waals surface area contributed by atoms with Crippen molar-refractivity contribution in [3.8, 4) is 28.3 Å². The number of carbonyl (C=O) groups is 1. The fraction of sp³-hybridized carbons (Fsp3) is 0.393. The first-order valence-electron chi connectivity index (χ1n) is 13.2. The number of aromatic nitrogens is 6. The van der Waals surface area contributed by atoms with E-state index in [0.29, 0.717) is 35.8 Å². The zero-order chi connectivity index (χ0) is 28.6. The molecule has 1 aliphatic rings. The van der Waals surface area contributed by atoms with Gasteiger partial charge >= 0.3 is 5.97 Å². The van der Waals surface area contributed by atoms with Gasteiger partial charge in [0.05, 0.1) is 17.6 Å². The summed E-state index contributed by atoms with van der Waals surface area (Å²) in [5.74, 6) is -0.203. The summed E-state index contributed by atoms with van der Waals surface area (Å²) < 4.78 is 28.2. The van der Waals surface area contributed by atoms with Crippen LogP contribution in [0.4, 0.5) is 10.2 Å². The lowest BCUT2D eigenvalue weighted by molar-refractivity contribution is -0.145. The van der Waals surface area contributed by atoms with E-state index in [1.807, 2.05) is 44.6 Å². The van der Waals surface area contributed by atoms with Crippen LogP contribution in [-0.4, -0.2) is 48.5 Å². The maximum atomic E-state index is 14.5. The van der Waals surface area contributed by atoms with E-state index in [-0.39, 0.29) is 12.6 Å². The molecule has 4 aromatic rings. The van der Waals surface area contributed by atoms with Gasteiger partial charge in [-0.2, -0.15) is 20.1 Å². The smallest absolute Gasteiger partial charge is 0.324 e. The molecule has 1 aliphatic heterocycles. The summed E-state index contributed by atoms with van der Waals surface area (Å²) in [6.07, 6.45) is 3.41. The van der Waals surface area contributed by atoms with Crippen LogP contribution in [0.2, 0.25) is 0 Å². The predicted molar refractivity (Wildman–Crippen MR) is 147 cm³/mol. The fourth-order valence-corrected chi connectivity index (χ4v) is 4.76. The van der Waals surface area contributed by atoms with Crippen LogP contribution < -0.4 is 15.8 Å². The topological polar surface area (TPSA) is 135 Å². The summed E-state index contributed by atoms with van der Waals surface area (Å²) in [6, 6.07) is 5.68. The molecule has 11 nitrogen and oxygen atoms in total. The van der Waals surface area contributed by atoms with E-state index in [2.05, 4.69) is 25.6 Å². The molecule has 1 unspecified atom stereocenters. The number of hydrogen-bond donors (Lipinski definition) is 2. The molecule has 4 heterocycles. The van der Waals surface area contributed by atoms with E-state index in [9.17, 15) is 9.18 Å². The molecule has 0 saturated carbocycles. The van der Waals surface area contributed by atoms with Gasteiger partial charge in [-0.25, -0.2) is 9.37 Å². The number of pyridine rings is 1. The Morgan fingerprint density at radius 2 is 2.08 bits per heavy atom. The summed E-state index contributed by atoms with van der Waals surface area (Å²) in [5, 5.41) is 16.9. The highest BCUT2D eigenvalue weighted by Gasteiger charge is 2.26. The van der Waals surface area contributed by atoms with Crippen molar-refractivity contribution in [2.75, 3.05) is 12.0 Å². The molecule has 12 heteroatoms. The molecule has 40 heavy (non-hydrogen) atoms. The maximum absolute atomic E-state index is 14.5. The van der Waals surface area contributed by atoms with Crippen LogP contribution in [-0.2, 0) is 29.5 Å². The largest absolute Gasteiger partial charge is 0.482 e. The molecule has 1 aromatic carbocycles. The van der Waals surface area contributed by atoms with Crippen LogP contribution in [0.1, 0.15) is 50.6 Å². The quantitative estimate of drug-likeness (QED) is 0.272. The Labute approximate surface area is 231 Å². The molecular weight excluding hydrogens is 515 g/mol. The summed E-state index contributed by atoms with van der Waals surface area (Å²) >= 11 is 0. The molecule has 0 aliphatic carbocycles. The van der Waals surface area contributed by atoms with Gasteiger partial charge in [0.2, 0.25) is 0 Å². The average molecular weight is 549 g/mol. The Balaban J connectivity index is 1.60. The lowest BCUT2D eigenvalue weighted by Gasteiger charge is -2.22. The first-order chi connectivity index (χ1) is 19.2. The number of nitrogens with one attached hydrogen (secondary N) is 1. The van der Waals surface area contributed by atoms with Gasteiger partial charge in [-0.3, -0.25) is 9.48 Å². The summed E-state index contributed by atoms with van der Waals surface area (Å²) in [4.78, 5) is 18.4. The SMILES string of the molecule is CCn1ncc2c1-c1cnc(NCOC(=O)C(N)C(C)C)c(c1)O[C@H](C)c1cc(F)ccc1-c1nn(C)nc1C2. The molecule has 3 aromatic heterocycles. The van der Waals surface area contributed by atoms with Crippen LogP contribution in [0, 0.1) is 11.7 Å². The first-order valence-corrected chi connectivity index (χ1v) is 13.2. The van der Waals surface area contributed by atoms with E-state index in [4.69, 9.17) is 15.2 Å². The van der Waals surface area contributed by atoms with Crippen molar-refractivity contribution < 1.29 is 18.7 Å². The van der Waals surface area contributed by atoms with Crippen LogP contribution >= 0.6 is 0 Å². The number of hydrogen-bond acceptors (Lipinski definition) is 9. The Bertz CT molecular complexity index is 1550. The van der Waals surface area contributed by atoms with Crippen molar-refractivity contribution in [2.24, 2.45) is 18.7 Å². The molecule has 0 spiro atoms. The van der Waals surface area contributed by atoms with Crippen LogP contribution in [0.25, 0.3) is 22.5 Å². The number of fused-ring (bicyclic) bond motifs is 7. The predicted octanol–water partition coefficient (Wildman–Crippen LogP) is 3.84. The minimum Gasteiger partial charge on any atom is -0.482 e. The van der Waals surface area contributed by atoms with Gasteiger partial charge in [-0.05, 0) is 44.0 Å². The lowest BCUT2D eigenvalue weighted by atomic mass is 9.96. The molecule has 2 atom stereocenters. The summed E-state index contributed by atoms with van der Waals surface area (Å²) in [7, 11) is 1.76. The average Bonchev–Trinajstić information content (AvgIpc) is 3.50. The second-order valence-electron chi connectivity index (χ2n) is 10.1. The zero-order valence-electron chi connectivity index (χ0n) is 23.2. The van der Waals surface area contributed by atoms with Crippen molar-refractivity contribution in [3.05, 3.63) is 59.3 Å². The van der Waals surface area contributed by atoms with Gasteiger partial charge < -0.3 is 20.5 Å². The van der Waals surface area contributed by atoms with Crippen molar-refractivity contribution in [1.29, 1.82) is 0 Å². The number of halogens is 1. The second-order valence-corrected chi connectivity index (χ2v) is 10.1. The molecule has 3 N–H and O–H groups in total. The lowest BCUT2D eigenvalue weighted by Crippen LogP contribution is -2.37. The monoisotopic (exact) mass is 548 g/mol. The molecule has 210 valence electrons. The van der Waals surface area contributed by atoms with Gasteiger partial charge in [0.1, 0.15) is 23.7 Å². The number of nitrogens with zero attached hydrogens (tertiary/aromatic N) is 6. The number of aryl methyl sites for hydroxylation is 2. The molecule has 0 fully saturated rings. The Hall–Kier alpha value is -4.32. The van der Waals surface area contributed by atoms with E-state index in [0.717, 1.165) is 28.1 Å². The third kappa shape index (κ3) is 5.26. The van der Waals surface area contributed by atoms with Gasteiger partial charge in [-0.1, -0.05) is 13.8 Å². The standard InChI is InChI=1S/C28H33FN8O3/c1-6-37-26-17(13-33-37)9-22-25(35-36(5)34-22)20-8-7-19(29)11-21(20)16(4)40-23-10-18(26)12-31-27(23)32-14-39-28(38)24(30)15(2)3/h7-8,10-13,15-16,24H,6,9,14,30H2,1-5H3,(H,31,32)/t16-,24?/m1/s1. The van der Waals surface area contributed by atoms with Crippen molar-refractivity contribution in [3.63, 3.8) is 0 Å². The van der Waals surface area contributed by atoms with E-state index >= 15 is 0 Å².